The van der Waals surface area contributed by atoms with Crippen molar-refractivity contribution in [1.29, 1.82) is 0 Å². The lowest BCUT2D eigenvalue weighted by molar-refractivity contribution is -0.118. The van der Waals surface area contributed by atoms with E-state index in [4.69, 9.17) is 28.6 Å². The number of nitrogens with zero attached hydrogens (tertiary/aromatic N) is 1. The van der Waals surface area contributed by atoms with Crippen molar-refractivity contribution in [1.82, 2.24) is 0 Å². The van der Waals surface area contributed by atoms with Crippen LogP contribution in [0.5, 0.6) is 5.75 Å². The summed E-state index contributed by atoms with van der Waals surface area (Å²) in [6.45, 7) is 5.66. The van der Waals surface area contributed by atoms with Crippen LogP contribution < -0.4 is 15.0 Å². The lowest BCUT2D eigenvalue weighted by Crippen LogP contribution is -2.28. The minimum Gasteiger partial charge on any atom is -0.484 e. The molecule has 0 spiro atoms. The fourth-order valence-electron chi connectivity index (χ4n) is 3.66. The second-order valence-corrected chi connectivity index (χ2v) is 10.2. The van der Waals surface area contributed by atoms with Gasteiger partial charge in [-0.1, -0.05) is 71.5 Å². The predicted molar refractivity (Wildman–Crippen MR) is 148 cm³/mol. The number of carbonyl (C=O) groups excluding carboxylic acids is 2. The number of hydrogen-bond donors (Lipinski definition) is 1. The number of rotatable bonds is 6. The molecule has 1 aliphatic heterocycles. The zero-order valence-electron chi connectivity index (χ0n) is 19.4. The first kappa shape index (κ1) is 25.0. The molecule has 0 radical (unpaired) electrons. The Balaban J connectivity index is 1.44. The highest BCUT2D eigenvalue weighted by Crippen LogP contribution is 2.37. The third kappa shape index (κ3) is 5.75. The van der Waals surface area contributed by atoms with Crippen molar-refractivity contribution in [2.24, 2.45) is 0 Å². The molecule has 1 aliphatic rings. The van der Waals surface area contributed by atoms with Crippen LogP contribution in [0.2, 0.25) is 5.02 Å². The molecule has 1 saturated heterocycles. The molecule has 1 N–H and O–H groups in total. The van der Waals surface area contributed by atoms with Crippen molar-refractivity contribution in [3.63, 3.8) is 0 Å². The number of amides is 2. The highest BCUT2D eigenvalue weighted by Gasteiger charge is 2.34. The van der Waals surface area contributed by atoms with E-state index in [1.54, 1.807) is 41.3 Å². The first-order valence-corrected chi connectivity index (χ1v) is 12.5. The van der Waals surface area contributed by atoms with Gasteiger partial charge in [-0.15, -0.1) is 0 Å². The van der Waals surface area contributed by atoms with Crippen molar-refractivity contribution in [3.8, 4) is 5.75 Å². The number of anilines is 2. The molecular formula is C27H23ClN2O3S2. The molecule has 0 bridgehead atoms. The molecule has 2 amide bonds. The first-order chi connectivity index (χ1) is 16.7. The lowest BCUT2D eigenvalue weighted by atomic mass is 10.1. The minimum absolute atomic E-state index is 0.158. The highest BCUT2D eigenvalue weighted by atomic mass is 35.5. The molecule has 3 aromatic rings. The number of thiocarbonyl (C=S) groups is 1. The van der Waals surface area contributed by atoms with E-state index < -0.39 is 0 Å². The van der Waals surface area contributed by atoms with E-state index in [9.17, 15) is 9.59 Å². The van der Waals surface area contributed by atoms with Crippen molar-refractivity contribution >= 4 is 69.2 Å². The van der Waals surface area contributed by atoms with Gasteiger partial charge >= 0.3 is 0 Å². The van der Waals surface area contributed by atoms with Crippen LogP contribution in [0.3, 0.4) is 0 Å². The number of carbonyl (C=O) groups is 2. The van der Waals surface area contributed by atoms with Gasteiger partial charge in [-0.25, -0.2) is 0 Å². The summed E-state index contributed by atoms with van der Waals surface area (Å²) in [5.41, 5.74) is 5.12. The van der Waals surface area contributed by atoms with Crippen molar-refractivity contribution in [2.75, 3.05) is 16.8 Å². The molecule has 0 aromatic heterocycles. The number of ether oxygens (including phenoxy) is 1. The molecule has 4 rings (SSSR count). The molecule has 0 unspecified atom stereocenters. The molecule has 3 aromatic carbocycles. The van der Waals surface area contributed by atoms with E-state index in [0.717, 1.165) is 27.9 Å². The smallest absolute Gasteiger partial charge is 0.270 e. The fraction of sp³-hybridized carbons (Fsp3) is 0.148. The van der Waals surface area contributed by atoms with E-state index in [0.29, 0.717) is 25.7 Å². The summed E-state index contributed by atoms with van der Waals surface area (Å²) in [7, 11) is 0. The van der Waals surface area contributed by atoms with Crippen molar-refractivity contribution in [2.45, 2.75) is 20.8 Å². The monoisotopic (exact) mass is 522 g/mol. The third-order valence-corrected chi connectivity index (χ3v) is 7.17. The lowest BCUT2D eigenvalue weighted by Gasteiger charge is -2.17. The molecule has 1 fully saturated rings. The van der Waals surface area contributed by atoms with E-state index in [1.165, 1.54) is 11.8 Å². The summed E-state index contributed by atoms with van der Waals surface area (Å²) in [5, 5.41) is 3.39. The van der Waals surface area contributed by atoms with Gasteiger partial charge in [0.25, 0.3) is 11.8 Å². The van der Waals surface area contributed by atoms with Gasteiger partial charge in [-0.3, -0.25) is 14.5 Å². The first-order valence-electron chi connectivity index (χ1n) is 10.9. The molecule has 5 nitrogen and oxygen atoms in total. The fourth-order valence-corrected chi connectivity index (χ4v) is 5.11. The van der Waals surface area contributed by atoms with Crippen LogP contribution in [-0.4, -0.2) is 22.7 Å². The normalized spacial score (nSPS) is 14.5. The number of aryl methyl sites for hydroxylation is 2. The van der Waals surface area contributed by atoms with Gasteiger partial charge in [0.1, 0.15) is 5.75 Å². The zero-order valence-corrected chi connectivity index (χ0v) is 21.8. The van der Waals surface area contributed by atoms with Gasteiger partial charge < -0.3 is 10.1 Å². The molecule has 1 heterocycles. The molecule has 0 saturated carbocycles. The van der Waals surface area contributed by atoms with Crippen molar-refractivity contribution in [3.05, 3.63) is 92.8 Å². The Labute approximate surface area is 219 Å². The second kappa shape index (κ2) is 10.6. The number of nitrogens with one attached hydrogen (secondary N) is 1. The number of benzene rings is 3. The maximum absolute atomic E-state index is 13.1. The maximum atomic E-state index is 13.1. The molecule has 0 atom stereocenters. The quantitative estimate of drug-likeness (QED) is 0.289. The van der Waals surface area contributed by atoms with Gasteiger partial charge in [0.2, 0.25) is 0 Å². The SMILES string of the molecule is Cc1ccc(N2C(=O)/C(=C/c3cccc(OCC(=O)Nc4cccc(Cl)c4C)c3)SC2=S)c(C)c1. The standard InChI is InChI=1S/C27H23ClN2O3S2/c1-16-10-11-23(17(2)12-16)30-26(32)24(35-27(30)34)14-19-6-4-7-20(13-19)33-15-25(31)29-22-9-5-8-21(28)18(22)3/h4-14H,15H2,1-3H3,(H,29,31)/b24-14-. The Kier molecular flexibility index (Phi) is 7.60. The summed E-state index contributed by atoms with van der Waals surface area (Å²) in [6.07, 6.45) is 1.78. The van der Waals surface area contributed by atoms with E-state index >= 15 is 0 Å². The third-order valence-electron chi connectivity index (χ3n) is 5.45. The number of halogens is 1. The highest BCUT2D eigenvalue weighted by molar-refractivity contribution is 8.27. The Bertz CT molecular complexity index is 1370. The van der Waals surface area contributed by atoms with Crippen LogP contribution >= 0.6 is 35.6 Å². The molecule has 8 heteroatoms. The topological polar surface area (TPSA) is 58.6 Å². The average molecular weight is 523 g/mol. The zero-order chi connectivity index (χ0) is 25.1. The van der Waals surface area contributed by atoms with E-state index in [2.05, 4.69) is 5.32 Å². The number of hydrogen-bond acceptors (Lipinski definition) is 5. The van der Waals surface area contributed by atoms with Crippen LogP contribution in [-0.2, 0) is 9.59 Å². The van der Waals surface area contributed by atoms with E-state index in [1.807, 2.05) is 51.1 Å². The molecular weight excluding hydrogens is 500 g/mol. The summed E-state index contributed by atoms with van der Waals surface area (Å²) in [4.78, 5) is 27.6. The summed E-state index contributed by atoms with van der Waals surface area (Å²) in [6, 6.07) is 18.5. The summed E-state index contributed by atoms with van der Waals surface area (Å²) in [5.74, 6) is 0.0613. The Morgan fingerprint density at radius 2 is 1.89 bits per heavy atom. The van der Waals surface area contributed by atoms with Gasteiger partial charge in [-0.05, 0) is 73.9 Å². The van der Waals surface area contributed by atoms with Crippen LogP contribution in [0, 0.1) is 20.8 Å². The Morgan fingerprint density at radius 1 is 1.11 bits per heavy atom. The second-order valence-electron chi connectivity index (χ2n) is 8.13. The number of thioether (sulfide) groups is 1. The van der Waals surface area contributed by atoms with Crippen LogP contribution in [0.1, 0.15) is 22.3 Å². The molecule has 178 valence electrons. The van der Waals surface area contributed by atoms with Gasteiger partial charge in [0.05, 0.1) is 10.6 Å². The minimum atomic E-state index is -0.296. The largest absolute Gasteiger partial charge is 0.484 e. The van der Waals surface area contributed by atoms with Gasteiger partial charge in [0.15, 0.2) is 10.9 Å². The Hall–Kier alpha value is -3.13. The maximum Gasteiger partial charge on any atom is 0.270 e. The van der Waals surface area contributed by atoms with Crippen molar-refractivity contribution < 1.29 is 14.3 Å². The van der Waals surface area contributed by atoms with Crippen LogP contribution in [0.15, 0.2) is 65.6 Å². The van der Waals surface area contributed by atoms with Crippen LogP contribution in [0.25, 0.3) is 6.08 Å². The molecule has 0 aliphatic carbocycles. The predicted octanol–water partition coefficient (Wildman–Crippen LogP) is 6.69. The average Bonchev–Trinajstić information content (AvgIpc) is 3.08. The summed E-state index contributed by atoms with van der Waals surface area (Å²) >= 11 is 12.9. The van der Waals surface area contributed by atoms with Crippen LogP contribution in [0.4, 0.5) is 11.4 Å². The van der Waals surface area contributed by atoms with Gasteiger partial charge in [0, 0.05) is 10.7 Å². The Morgan fingerprint density at radius 3 is 2.66 bits per heavy atom. The molecule has 35 heavy (non-hydrogen) atoms. The summed E-state index contributed by atoms with van der Waals surface area (Å²) < 4.78 is 6.17. The van der Waals surface area contributed by atoms with Gasteiger partial charge in [-0.2, -0.15) is 0 Å². The van der Waals surface area contributed by atoms with E-state index in [-0.39, 0.29) is 18.4 Å².